The zero-order valence-corrected chi connectivity index (χ0v) is 12.5. The van der Waals surface area contributed by atoms with Gasteiger partial charge in [-0.15, -0.1) is 11.3 Å². The first-order valence-electron chi connectivity index (χ1n) is 6.95. The fraction of sp³-hybridized carbons (Fsp3) is 0.0588. The van der Waals surface area contributed by atoms with Crippen LogP contribution in [-0.4, -0.2) is 9.97 Å². The molecule has 0 spiro atoms. The first-order chi connectivity index (χ1) is 10.9. The van der Waals surface area contributed by atoms with Gasteiger partial charge >= 0.3 is 0 Å². The number of aromatic nitrogens is 2. The van der Waals surface area contributed by atoms with Gasteiger partial charge in [-0.05, 0) is 29.1 Å². The van der Waals surface area contributed by atoms with Gasteiger partial charge in [-0.1, -0.05) is 30.3 Å². The maximum absolute atomic E-state index is 5.61. The summed E-state index contributed by atoms with van der Waals surface area (Å²) in [4.78, 5) is 9.66. The predicted octanol–water partition coefficient (Wildman–Crippen LogP) is 4.49. The number of fused-ring (bicyclic) bond motifs is 1. The highest BCUT2D eigenvalue weighted by Crippen LogP contribution is 2.30. The van der Waals surface area contributed by atoms with E-state index in [1.165, 1.54) is 0 Å². The summed E-state index contributed by atoms with van der Waals surface area (Å²) in [5, 5.41) is 6.54. The van der Waals surface area contributed by atoms with Gasteiger partial charge in [0.15, 0.2) is 0 Å². The molecule has 0 aliphatic carbocycles. The van der Waals surface area contributed by atoms with Gasteiger partial charge in [0.25, 0.3) is 0 Å². The third kappa shape index (κ3) is 2.35. The highest BCUT2D eigenvalue weighted by Gasteiger charge is 2.18. The highest BCUT2D eigenvalue weighted by molar-refractivity contribution is 7.16. The molecule has 108 valence electrons. The van der Waals surface area contributed by atoms with Gasteiger partial charge in [-0.2, -0.15) is 0 Å². The molecule has 0 bridgehead atoms. The van der Waals surface area contributed by atoms with E-state index >= 15 is 0 Å². The molecule has 0 radical (unpaired) electrons. The Bertz CT molecular complexity index is 871. The van der Waals surface area contributed by atoms with Gasteiger partial charge < -0.3 is 9.73 Å². The number of nitrogens with one attached hydrogen (secondary N) is 1. The van der Waals surface area contributed by atoms with Crippen molar-refractivity contribution < 1.29 is 4.42 Å². The smallest absolute Gasteiger partial charge is 0.139 e. The van der Waals surface area contributed by atoms with Gasteiger partial charge in [0, 0.05) is 0 Å². The monoisotopic (exact) mass is 307 g/mol. The number of furan rings is 1. The zero-order chi connectivity index (χ0) is 14.8. The lowest BCUT2D eigenvalue weighted by Gasteiger charge is -2.18. The Morgan fingerprint density at radius 3 is 2.73 bits per heavy atom. The number of rotatable bonds is 4. The second-order valence-corrected chi connectivity index (χ2v) is 5.76. The molecule has 5 heteroatoms. The molecular formula is C17H13N3OS. The lowest BCUT2D eigenvalue weighted by Crippen LogP contribution is -2.12. The third-order valence-corrected chi connectivity index (χ3v) is 4.32. The molecule has 0 saturated carbocycles. The van der Waals surface area contributed by atoms with E-state index in [1.54, 1.807) is 23.9 Å². The zero-order valence-electron chi connectivity index (χ0n) is 11.6. The number of anilines is 1. The number of nitrogens with zero attached hydrogens (tertiary/aromatic N) is 2. The molecule has 0 fully saturated rings. The molecule has 0 unspecified atom stereocenters. The molecule has 0 aliphatic rings. The number of benzene rings is 1. The van der Waals surface area contributed by atoms with Crippen molar-refractivity contribution in [1.82, 2.24) is 9.97 Å². The normalized spacial score (nSPS) is 12.4. The van der Waals surface area contributed by atoms with Gasteiger partial charge in [0.2, 0.25) is 0 Å². The molecule has 0 saturated heterocycles. The van der Waals surface area contributed by atoms with Crippen molar-refractivity contribution in [3.63, 3.8) is 0 Å². The Kier molecular flexibility index (Phi) is 3.33. The standard InChI is InChI=1S/C17H13N3OS/c1-2-5-12(6-3-1)15(14-7-4-9-21-14)20-16-13-8-10-22-17(13)19-11-18-16/h1-11,15H,(H,18,19,20)/t15-/m1/s1. The van der Waals surface area contributed by atoms with Gasteiger partial charge in [-0.3, -0.25) is 0 Å². The summed E-state index contributed by atoms with van der Waals surface area (Å²) in [6.07, 6.45) is 3.28. The minimum atomic E-state index is -0.0887. The summed E-state index contributed by atoms with van der Waals surface area (Å²) in [5.74, 6) is 1.67. The van der Waals surface area contributed by atoms with Crippen molar-refractivity contribution in [3.8, 4) is 0 Å². The second-order valence-electron chi connectivity index (χ2n) is 4.87. The Morgan fingerprint density at radius 2 is 1.91 bits per heavy atom. The molecule has 1 aromatic carbocycles. The predicted molar refractivity (Wildman–Crippen MR) is 88.0 cm³/mol. The van der Waals surface area contributed by atoms with E-state index in [9.17, 15) is 0 Å². The molecule has 1 N–H and O–H groups in total. The van der Waals surface area contributed by atoms with Crippen molar-refractivity contribution in [2.75, 3.05) is 5.32 Å². The van der Waals surface area contributed by atoms with Crippen LogP contribution < -0.4 is 5.32 Å². The van der Waals surface area contributed by atoms with Crippen molar-refractivity contribution >= 4 is 27.4 Å². The van der Waals surface area contributed by atoms with E-state index in [-0.39, 0.29) is 6.04 Å². The molecular weight excluding hydrogens is 294 g/mol. The van der Waals surface area contributed by atoms with Crippen LogP contribution in [0.2, 0.25) is 0 Å². The molecule has 3 aromatic heterocycles. The van der Waals surface area contributed by atoms with E-state index in [1.807, 2.05) is 41.8 Å². The van der Waals surface area contributed by atoms with Crippen LogP contribution in [0, 0.1) is 0 Å². The molecule has 1 atom stereocenters. The Balaban J connectivity index is 1.77. The van der Waals surface area contributed by atoms with E-state index in [0.29, 0.717) is 0 Å². The molecule has 4 nitrogen and oxygen atoms in total. The second kappa shape index (κ2) is 5.61. The van der Waals surface area contributed by atoms with Crippen LogP contribution in [0.1, 0.15) is 17.4 Å². The fourth-order valence-electron chi connectivity index (χ4n) is 2.46. The highest BCUT2D eigenvalue weighted by atomic mass is 32.1. The van der Waals surface area contributed by atoms with Crippen molar-refractivity contribution in [2.24, 2.45) is 0 Å². The molecule has 22 heavy (non-hydrogen) atoms. The lowest BCUT2D eigenvalue weighted by atomic mass is 10.0. The Labute approximate surface area is 131 Å². The first kappa shape index (κ1) is 13.0. The SMILES string of the molecule is c1ccc([C@@H](Nc2ncnc3sccc23)c2ccco2)cc1. The molecule has 4 rings (SSSR count). The van der Waals surface area contributed by atoms with Crippen molar-refractivity contribution in [1.29, 1.82) is 0 Å². The van der Waals surface area contributed by atoms with E-state index in [0.717, 1.165) is 27.4 Å². The van der Waals surface area contributed by atoms with Gasteiger partial charge in [0.05, 0.1) is 11.6 Å². The topological polar surface area (TPSA) is 51.0 Å². The third-order valence-electron chi connectivity index (χ3n) is 3.50. The van der Waals surface area contributed by atoms with Crippen LogP contribution in [0.15, 0.2) is 70.9 Å². The van der Waals surface area contributed by atoms with E-state index in [2.05, 4.69) is 27.4 Å². The van der Waals surface area contributed by atoms with E-state index in [4.69, 9.17) is 4.42 Å². The van der Waals surface area contributed by atoms with Crippen molar-refractivity contribution in [3.05, 3.63) is 77.8 Å². The summed E-state index contributed by atoms with van der Waals surface area (Å²) in [7, 11) is 0. The molecule has 4 aromatic rings. The first-order valence-corrected chi connectivity index (χ1v) is 7.83. The van der Waals surface area contributed by atoms with Crippen LogP contribution >= 0.6 is 11.3 Å². The van der Waals surface area contributed by atoms with Crippen LogP contribution in [0.4, 0.5) is 5.82 Å². The maximum atomic E-state index is 5.61. The summed E-state index contributed by atoms with van der Waals surface area (Å²) in [6.45, 7) is 0. The summed E-state index contributed by atoms with van der Waals surface area (Å²) in [6, 6.07) is 16.0. The number of thiophene rings is 1. The van der Waals surface area contributed by atoms with Crippen LogP contribution in [0.25, 0.3) is 10.2 Å². The summed E-state index contributed by atoms with van der Waals surface area (Å²) >= 11 is 1.61. The van der Waals surface area contributed by atoms with Gasteiger partial charge in [-0.25, -0.2) is 9.97 Å². The van der Waals surface area contributed by atoms with Gasteiger partial charge in [0.1, 0.15) is 28.8 Å². The van der Waals surface area contributed by atoms with Crippen LogP contribution in [-0.2, 0) is 0 Å². The largest absolute Gasteiger partial charge is 0.467 e. The lowest BCUT2D eigenvalue weighted by molar-refractivity contribution is 0.498. The minimum Gasteiger partial charge on any atom is -0.467 e. The molecule has 3 heterocycles. The molecule has 0 amide bonds. The average Bonchev–Trinajstić information content (AvgIpc) is 3.25. The maximum Gasteiger partial charge on any atom is 0.139 e. The quantitative estimate of drug-likeness (QED) is 0.603. The summed E-state index contributed by atoms with van der Waals surface area (Å²) < 4.78 is 5.61. The average molecular weight is 307 g/mol. The Hall–Kier alpha value is -2.66. The number of hydrogen-bond donors (Lipinski definition) is 1. The number of hydrogen-bond acceptors (Lipinski definition) is 5. The fourth-order valence-corrected chi connectivity index (χ4v) is 3.19. The van der Waals surface area contributed by atoms with E-state index < -0.39 is 0 Å². The summed E-state index contributed by atoms with van der Waals surface area (Å²) in [5.41, 5.74) is 1.12. The van der Waals surface area contributed by atoms with Crippen molar-refractivity contribution in [2.45, 2.75) is 6.04 Å². The Morgan fingerprint density at radius 1 is 1.00 bits per heavy atom. The van der Waals surface area contributed by atoms with Crippen LogP contribution in [0.5, 0.6) is 0 Å². The van der Waals surface area contributed by atoms with Crippen LogP contribution in [0.3, 0.4) is 0 Å². The molecule has 0 aliphatic heterocycles. The minimum absolute atomic E-state index is 0.0887.